The monoisotopic (exact) mass is 457 g/mol. The van der Waals surface area contributed by atoms with Gasteiger partial charge in [0.15, 0.2) is 0 Å². The van der Waals surface area contributed by atoms with Crippen LogP contribution in [0.15, 0.2) is 53.9 Å². The van der Waals surface area contributed by atoms with Crippen molar-refractivity contribution in [1.82, 2.24) is 9.88 Å². The number of nitrogens with zero attached hydrogens (tertiary/aromatic N) is 2. The second kappa shape index (κ2) is 10.7. The third-order valence-corrected chi connectivity index (χ3v) is 6.07. The van der Waals surface area contributed by atoms with Crippen molar-refractivity contribution in [3.05, 3.63) is 75.2 Å². The van der Waals surface area contributed by atoms with Crippen LogP contribution in [0.1, 0.15) is 21.1 Å². The van der Waals surface area contributed by atoms with E-state index in [1.54, 1.807) is 29.6 Å². The van der Waals surface area contributed by atoms with Gasteiger partial charge in [0.1, 0.15) is 23.1 Å². The number of ether oxygens (including phenoxy) is 2. The summed E-state index contributed by atoms with van der Waals surface area (Å²) in [5, 5.41) is 6.04. The van der Waals surface area contributed by atoms with E-state index in [1.165, 1.54) is 16.9 Å². The first-order valence-corrected chi connectivity index (χ1v) is 11.4. The van der Waals surface area contributed by atoms with Gasteiger partial charge in [-0.05, 0) is 48.4 Å². The molecule has 1 aromatic heterocycles. The molecule has 0 aliphatic carbocycles. The van der Waals surface area contributed by atoms with Crippen molar-refractivity contribution >= 4 is 34.5 Å². The second-order valence-corrected chi connectivity index (χ2v) is 8.60. The van der Waals surface area contributed by atoms with Crippen molar-refractivity contribution in [2.75, 3.05) is 38.2 Å². The Morgan fingerprint density at radius 2 is 1.87 bits per heavy atom. The number of hydrogen-bond donors (Lipinski definition) is 1. The molecule has 1 amide bonds. The van der Waals surface area contributed by atoms with Gasteiger partial charge in [0, 0.05) is 35.7 Å². The molecule has 2 aromatic carbocycles. The van der Waals surface area contributed by atoms with Gasteiger partial charge in [0.05, 0.1) is 13.2 Å². The fraction of sp³-hybridized carbons (Fsp3) is 0.304. The number of benzene rings is 2. The number of hydrogen-bond acceptors (Lipinski definition) is 6. The molecular formula is C23H24ClN3O3S. The molecule has 1 N–H and O–H groups in total. The zero-order valence-electron chi connectivity index (χ0n) is 17.1. The lowest BCUT2D eigenvalue weighted by molar-refractivity contribution is 0.0384. The molecule has 1 fully saturated rings. The van der Waals surface area contributed by atoms with Crippen LogP contribution in [0.4, 0.5) is 5.69 Å². The molecule has 0 radical (unpaired) electrons. The maximum Gasteiger partial charge on any atom is 0.275 e. The van der Waals surface area contributed by atoms with Crippen molar-refractivity contribution in [3.63, 3.8) is 0 Å². The van der Waals surface area contributed by atoms with Crippen LogP contribution in [0.2, 0.25) is 5.02 Å². The highest BCUT2D eigenvalue weighted by molar-refractivity contribution is 7.09. The van der Waals surface area contributed by atoms with Crippen molar-refractivity contribution in [2.45, 2.75) is 13.0 Å². The van der Waals surface area contributed by atoms with Gasteiger partial charge in [-0.3, -0.25) is 9.69 Å². The molecule has 1 aliphatic heterocycles. The standard InChI is InChI=1S/C23H24ClN3O3S/c24-18-3-7-20(8-4-18)30-15-22-26-21(16-31-22)23(28)25-19-5-1-17(2-6-19)9-10-27-11-13-29-14-12-27/h1-8,16H,9-15H2,(H,25,28). The predicted octanol–water partition coefficient (Wildman–Crippen LogP) is 4.50. The zero-order chi connectivity index (χ0) is 21.5. The Labute approximate surface area is 190 Å². The number of nitrogens with one attached hydrogen (secondary N) is 1. The number of rotatable bonds is 8. The molecule has 0 spiro atoms. The van der Waals surface area contributed by atoms with E-state index in [-0.39, 0.29) is 5.91 Å². The number of aromatic nitrogens is 1. The van der Waals surface area contributed by atoms with Gasteiger partial charge in [-0.2, -0.15) is 0 Å². The highest BCUT2D eigenvalue weighted by Crippen LogP contribution is 2.19. The third-order valence-electron chi connectivity index (χ3n) is 4.99. The summed E-state index contributed by atoms with van der Waals surface area (Å²) in [6, 6.07) is 15.1. The van der Waals surface area contributed by atoms with Gasteiger partial charge in [0.2, 0.25) is 0 Å². The molecule has 0 atom stereocenters. The molecule has 0 saturated carbocycles. The maximum atomic E-state index is 12.5. The quantitative estimate of drug-likeness (QED) is 0.539. The number of halogens is 1. The number of morpholine rings is 1. The van der Waals surface area contributed by atoms with E-state index in [1.807, 2.05) is 12.1 Å². The topological polar surface area (TPSA) is 63.7 Å². The number of amides is 1. The molecule has 4 rings (SSSR count). The molecule has 31 heavy (non-hydrogen) atoms. The molecular weight excluding hydrogens is 434 g/mol. The van der Waals surface area contributed by atoms with Crippen molar-refractivity contribution in [3.8, 4) is 5.75 Å². The molecule has 0 bridgehead atoms. The fourth-order valence-corrected chi connectivity index (χ4v) is 4.03. The van der Waals surface area contributed by atoms with E-state index in [0.29, 0.717) is 23.1 Å². The molecule has 1 aliphatic rings. The highest BCUT2D eigenvalue weighted by atomic mass is 35.5. The van der Waals surface area contributed by atoms with Crippen LogP contribution in [-0.4, -0.2) is 48.6 Å². The number of carbonyl (C=O) groups is 1. The Kier molecular flexibility index (Phi) is 7.53. The number of anilines is 1. The summed E-state index contributed by atoms with van der Waals surface area (Å²) in [5.41, 5.74) is 2.39. The van der Waals surface area contributed by atoms with E-state index in [9.17, 15) is 4.79 Å². The Balaban J connectivity index is 1.25. The van der Waals surface area contributed by atoms with Crippen LogP contribution in [0.25, 0.3) is 0 Å². The van der Waals surface area contributed by atoms with Crippen molar-refractivity contribution < 1.29 is 14.3 Å². The van der Waals surface area contributed by atoms with Crippen LogP contribution in [0.5, 0.6) is 5.75 Å². The van der Waals surface area contributed by atoms with E-state index < -0.39 is 0 Å². The Hall–Kier alpha value is -2.45. The lowest BCUT2D eigenvalue weighted by atomic mass is 10.1. The lowest BCUT2D eigenvalue weighted by Gasteiger charge is -2.26. The summed E-state index contributed by atoms with van der Waals surface area (Å²) in [4.78, 5) is 19.3. The highest BCUT2D eigenvalue weighted by Gasteiger charge is 2.12. The molecule has 0 unspecified atom stereocenters. The summed E-state index contributed by atoms with van der Waals surface area (Å²) < 4.78 is 11.1. The van der Waals surface area contributed by atoms with Gasteiger partial charge in [-0.25, -0.2) is 4.98 Å². The minimum atomic E-state index is -0.227. The first kappa shape index (κ1) is 21.8. The van der Waals surface area contributed by atoms with Crippen LogP contribution in [0.3, 0.4) is 0 Å². The smallest absolute Gasteiger partial charge is 0.275 e. The van der Waals surface area contributed by atoms with Gasteiger partial charge >= 0.3 is 0 Å². The minimum Gasteiger partial charge on any atom is -0.486 e. The van der Waals surface area contributed by atoms with Crippen molar-refractivity contribution in [1.29, 1.82) is 0 Å². The van der Waals surface area contributed by atoms with Crippen LogP contribution < -0.4 is 10.1 Å². The predicted molar refractivity (Wildman–Crippen MR) is 123 cm³/mol. The Bertz CT molecular complexity index is 986. The van der Waals surface area contributed by atoms with Gasteiger partial charge in [-0.15, -0.1) is 11.3 Å². The molecule has 8 heteroatoms. The normalized spacial score (nSPS) is 14.4. The summed E-state index contributed by atoms with van der Waals surface area (Å²) in [6.45, 7) is 4.95. The van der Waals surface area contributed by atoms with Crippen LogP contribution in [-0.2, 0) is 17.8 Å². The number of thiazole rings is 1. The van der Waals surface area contributed by atoms with Gasteiger partial charge < -0.3 is 14.8 Å². The molecule has 3 aromatic rings. The third kappa shape index (κ3) is 6.51. The van der Waals surface area contributed by atoms with Crippen molar-refractivity contribution in [2.24, 2.45) is 0 Å². The largest absolute Gasteiger partial charge is 0.486 e. The van der Waals surface area contributed by atoms with E-state index in [2.05, 4.69) is 27.3 Å². The van der Waals surface area contributed by atoms with E-state index >= 15 is 0 Å². The average molecular weight is 458 g/mol. The Morgan fingerprint density at radius 3 is 2.61 bits per heavy atom. The summed E-state index contributed by atoms with van der Waals surface area (Å²) in [5.74, 6) is 0.481. The first-order chi connectivity index (χ1) is 15.2. The molecule has 1 saturated heterocycles. The van der Waals surface area contributed by atoms with E-state index in [4.69, 9.17) is 21.1 Å². The Morgan fingerprint density at radius 1 is 1.13 bits per heavy atom. The average Bonchev–Trinajstić information content (AvgIpc) is 3.28. The molecule has 162 valence electrons. The first-order valence-electron chi connectivity index (χ1n) is 10.2. The maximum absolute atomic E-state index is 12.5. The SMILES string of the molecule is O=C(Nc1ccc(CCN2CCOCC2)cc1)c1csc(COc2ccc(Cl)cc2)n1. The zero-order valence-corrected chi connectivity index (χ0v) is 18.6. The molecule has 6 nitrogen and oxygen atoms in total. The second-order valence-electron chi connectivity index (χ2n) is 7.22. The molecule has 2 heterocycles. The van der Waals surface area contributed by atoms with Crippen LogP contribution in [0, 0.1) is 0 Å². The van der Waals surface area contributed by atoms with Crippen LogP contribution >= 0.6 is 22.9 Å². The van der Waals surface area contributed by atoms with Gasteiger partial charge in [0.25, 0.3) is 5.91 Å². The fourth-order valence-electron chi connectivity index (χ4n) is 3.22. The summed E-state index contributed by atoms with van der Waals surface area (Å²) in [6.07, 6.45) is 0.983. The minimum absolute atomic E-state index is 0.227. The lowest BCUT2D eigenvalue weighted by Crippen LogP contribution is -2.37. The number of carbonyl (C=O) groups excluding carboxylic acids is 1. The summed E-state index contributed by atoms with van der Waals surface area (Å²) in [7, 11) is 0. The van der Waals surface area contributed by atoms with Gasteiger partial charge in [-0.1, -0.05) is 23.7 Å². The van der Waals surface area contributed by atoms with E-state index in [0.717, 1.165) is 50.0 Å². The summed E-state index contributed by atoms with van der Waals surface area (Å²) >= 11 is 7.27.